The Morgan fingerprint density at radius 2 is 1.95 bits per heavy atom. The number of rotatable bonds is 3. The van der Waals surface area contributed by atoms with E-state index in [1.807, 2.05) is 13.0 Å². The summed E-state index contributed by atoms with van der Waals surface area (Å²) in [5.74, 6) is -0.322. The third kappa shape index (κ3) is 3.11. The predicted molar refractivity (Wildman–Crippen MR) is 78.4 cm³/mol. The van der Waals surface area contributed by atoms with Gasteiger partial charge < -0.3 is 10.6 Å². The Morgan fingerprint density at radius 1 is 1.25 bits per heavy atom. The summed E-state index contributed by atoms with van der Waals surface area (Å²) >= 11 is 3.29. The highest BCUT2D eigenvalue weighted by molar-refractivity contribution is 9.10. The van der Waals surface area contributed by atoms with E-state index in [0.29, 0.717) is 11.6 Å². The summed E-state index contributed by atoms with van der Waals surface area (Å²) in [6.07, 6.45) is 2.62. The minimum Gasteiger partial charge on any atom is -0.372 e. The van der Waals surface area contributed by atoms with Gasteiger partial charge in [0.15, 0.2) is 0 Å². The van der Waals surface area contributed by atoms with Crippen molar-refractivity contribution < 1.29 is 9.18 Å². The average Bonchev–Trinajstić information content (AvgIpc) is 2.41. The topological polar surface area (TPSA) is 66.9 Å². The van der Waals surface area contributed by atoms with Crippen molar-refractivity contribution in [2.75, 3.05) is 17.7 Å². The van der Waals surface area contributed by atoms with Crippen LogP contribution in [0.25, 0.3) is 0 Å². The second-order valence-corrected chi connectivity index (χ2v) is 4.99. The van der Waals surface area contributed by atoms with E-state index in [4.69, 9.17) is 0 Å². The molecule has 2 aromatic rings. The van der Waals surface area contributed by atoms with Crippen molar-refractivity contribution in [2.45, 2.75) is 6.92 Å². The van der Waals surface area contributed by atoms with E-state index in [1.54, 1.807) is 13.2 Å². The maximum atomic E-state index is 13.2. The van der Waals surface area contributed by atoms with Gasteiger partial charge in [0.1, 0.15) is 17.5 Å². The fourth-order valence-electron chi connectivity index (χ4n) is 1.66. The predicted octanol–water partition coefficient (Wildman–Crippen LogP) is 2.98. The molecule has 2 heterocycles. The molecule has 0 aliphatic carbocycles. The van der Waals surface area contributed by atoms with E-state index < -0.39 is 11.7 Å². The van der Waals surface area contributed by atoms with Crippen LogP contribution in [0, 0.1) is 12.7 Å². The maximum Gasteiger partial charge on any atom is 0.260 e. The van der Waals surface area contributed by atoms with Crippen LogP contribution < -0.4 is 10.6 Å². The van der Waals surface area contributed by atoms with Gasteiger partial charge in [0.25, 0.3) is 5.91 Å². The average molecular weight is 339 g/mol. The van der Waals surface area contributed by atoms with Gasteiger partial charge >= 0.3 is 0 Å². The molecule has 0 unspecified atom stereocenters. The van der Waals surface area contributed by atoms with Crippen LogP contribution in [0.2, 0.25) is 0 Å². The van der Waals surface area contributed by atoms with Crippen LogP contribution in [-0.2, 0) is 0 Å². The SMILES string of the molecule is CNc1ncc(F)cc1C(=O)Nc1ncc(Br)cc1C. The van der Waals surface area contributed by atoms with Crippen LogP contribution in [0.5, 0.6) is 0 Å². The quantitative estimate of drug-likeness (QED) is 0.902. The van der Waals surface area contributed by atoms with Crippen LogP contribution in [-0.4, -0.2) is 22.9 Å². The van der Waals surface area contributed by atoms with Gasteiger partial charge in [-0.25, -0.2) is 14.4 Å². The smallest absolute Gasteiger partial charge is 0.260 e. The van der Waals surface area contributed by atoms with E-state index in [1.165, 1.54) is 0 Å². The lowest BCUT2D eigenvalue weighted by molar-refractivity contribution is 0.102. The van der Waals surface area contributed by atoms with Gasteiger partial charge in [-0.1, -0.05) is 0 Å². The number of carbonyl (C=O) groups is 1. The monoisotopic (exact) mass is 338 g/mol. The van der Waals surface area contributed by atoms with Gasteiger partial charge in [-0.05, 0) is 40.5 Å². The molecule has 0 saturated heterocycles. The third-order valence-corrected chi connectivity index (χ3v) is 3.05. The van der Waals surface area contributed by atoms with Crippen LogP contribution >= 0.6 is 15.9 Å². The van der Waals surface area contributed by atoms with Crippen molar-refractivity contribution >= 4 is 33.5 Å². The fourth-order valence-corrected chi connectivity index (χ4v) is 2.10. The molecule has 5 nitrogen and oxygen atoms in total. The standard InChI is InChI=1S/C13H12BrFN4O/c1-7-3-8(14)5-17-11(7)19-13(20)10-4-9(15)6-18-12(10)16-2/h3-6H,1-2H3,(H,16,18)(H,17,19,20). The zero-order valence-corrected chi connectivity index (χ0v) is 12.5. The summed E-state index contributed by atoms with van der Waals surface area (Å²) in [7, 11) is 1.61. The first kappa shape index (κ1) is 14.4. The van der Waals surface area contributed by atoms with Gasteiger partial charge in [-0.2, -0.15) is 0 Å². The zero-order valence-electron chi connectivity index (χ0n) is 10.9. The molecule has 0 fully saturated rings. The lowest BCUT2D eigenvalue weighted by Crippen LogP contribution is -2.16. The summed E-state index contributed by atoms with van der Waals surface area (Å²) in [5, 5.41) is 5.38. The van der Waals surface area contributed by atoms with E-state index in [0.717, 1.165) is 22.3 Å². The summed E-state index contributed by atoms with van der Waals surface area (Å²) in [5.41, 5.74) is 0.916. The van der Waals surface area contributed by atoms with Gasteiger partial charge in [-0.3, -0.25) is 4.79 Å². The number of pyridine rings is 2. The fraction of sp³-hybridized carbons (Fsp3) is 0.154. The zero-order chi connectivity index (χ0) is 14.7. The van der Waals surface area contributed by atoms with Crippen molar-refractivity contribution in [3.63, 3.8) is 0 Å². The Morgan fingerprint density at radius 3 is 2.60 bits per heavy atom. The number of aryl methyl sites for hydroxylation is 1. The number of halogens is 2. The number of hydrogen-bond acceptors (Lipinski definition) is 4. The molecule has 20 heavy (non-hydrogen) atoms. The van der Waals surface area contributed by atoms with E-state index in [9.17, 15) is 9.18 Å². The molecule has 2 rings (SSSR count). The number of aromatic nitrogens is 2. The van der Waals surface area contributed by atoms with E-state index >= 15 is 0 Å². The van der Waals surface area contributed by atoms with Crippen LogP contribution in [0.15, 0.2) is 29.0 Å². The highest BCUT2D eigenvalue weighted by Crippen LogP contribution is 2.19. The first-order valence-corrected chi connectivity index (χ1v) is 6.57. The number of carbonyl (C=O) groups excluding carboxylic acids is 1. The first-order chi connectivity index (χ1) is 9.51. The lowest BCUT2D eigenvalue weighted by atomic mass is 10.2. The maximum absolute atomic E-state index is 13.2. The summed E-state index contributed by atoms with van der Waals surface area (Å²) in [6, 6.07) is 2.95. The van der Waals surface area contributed by atoms with Crippen LogP contribution in [0.4, 0.5) is 16.0 Å². The molecule has 0 aliphatic heterocycles. The summed E-state index contributed by atoms with van der Waals surface area (Å²) < 4.78 is 14.0. The van der Waals surface area contributed by atoms with Crippen molar-refractivity contribution in [3.05, 3.63) is 45.9 Å². The molecule has 0 aromatic carbocycles. The molecule has 0 bridgehead atoms. The molecule has 1 amide bonds. The van der Waals surface area contributed by atoms with Crippen molar-refractivity contribution in [1.82, 2.24) is 9.97 Å². The van der Waals surface area contributed by atoms with Gasteiger partial charge in [0.2, 0.25) is 0 Å². The van der Waals surface area contributed by atoms with Crippen molar-refractivity contribution in [3.8, 4) is 0 Å². The Labute approximate surface area is 123 Å². The lowest BCUT2D eigenvalue weighted by Gasteiger charge is -2.10. The Balaban J connectivity index is 2.30. The third-order valence-electron chi connectivity index (χ3n) is 2.61. The molecule has 0 atom stereocenters. The number of anilines is 2. The molecule has 7 heteroatoms. The molecule has 2 N–H and O–H groups in total. The Kier molecular flexibility index (Phi) is 4.29. The van der Waals surface area contributed by atoms with E-state index in [-0.39, 0.29) is 5.56 Å². The minimum absolute atomic E-state index is 0.122. The Hall–Kier alpha value is -2.02. The molecule has 0 spiro atoms. The van der Waals surface area contributed by atoms with Crippen molar-refractivity contribution in [1.29, 1.82) is 0 Å². The molecule has 0 aliphatic rings. The molecular weight excluding hydrogens is 327 g/mol. The second-order valence-electron chi connectivity index (χ2n) is 4.07. The largest absolute Gasteiger partial charge is 0.372 e. The normalized spacial score (nSPS) is 10.2. The molecule has 0 radical (unpaired) electrons. The molecule has 0 saturated carbocycles. The first-order valence-electron chi connectivity index (χ1n) is 5.78. The molecule has 104 valence electrons. The van der Waals surface area contributed by atoms with Crippen molar-refractivity contribution in [2.24, 2.45) is 0 Å². The minimum atomic E-state index is -0.574. The summed E-state index contributed by atoms with van der Waals surface area (Å²) in [6.45, 7) is 1.82. The number of nitrogens with one attached hydrogen (secondary N) is 2. The number of amides is 1. The Bertz CT molecular complexity index is 663. The second kappa shape index (κ2) is 5.96. The number of nitrogens with zero attached hydrogens (tertiary/aromatic N) is 2. The molecule has 2 aromatic heterocycles. The number of hydrogen-bond donors (Lipinski definition) is 2. The van der Waals surface area contributed by atoms with Gasteiger partial charge in [-0.15, -0.1) is 0 Å². The highest BCUT2D eigenvalue weighted by atomic mass is 79.9. The van der Waals surface area contributed by atoms with Crippen LogP contribution in [0.3, 0.4) is 0 Å². The van der Waals surface area contributed by atoms with Gasteiger partial charge in [0, 0.05) is 17.7 Å². The summed E-state index contributed by atoms with van der Waals surface area (Å²) in [4.78, 5) is 20.1. The van der Waals surface area contributed by atoms with Gasteiger partial charge in [0.05, 0.1) is 11.8 Å². The highest BCUT2D eigenvalue weighted by Gasteiger charge is 2.15. The van der Waals surface area contributed by atoms with Crippen LogP contribution in [0.1, 0.15) is 15.9 Å². The molecular formula is C13H12BrFN4O. The van der Waals surface area contributed by atoms with E-state index in [2.05, 4.69) is 36.5 Å².